The molecule has 6 rings (SSSR count). The van der Waals surface area contributed by atoms with Crippen molar-refractivity contribution in [3.05, 3.63) is 118 Å². The third-order valence-corrected chi connectivity index (χ3v) is 10.7. The van der Waals surface area contributed by atoms with Crippen molar-refractivity contribution in [2.45, 2.75) is 16.7 Å². The maximum atomic E-state index is 12.7. The van der Waals surface area contributed by atoms with E-state index < -0.39 is 20.0 Å². The van der Waals surface area contributed by atoms with Crippen molar-refractivity contribution in [2.24, 2.45) is 0 Å². The highest BCUT2D eigenvalue weighted by atomic mass is 79.9. The van der Waals surface area contributed by atoms with Crippen LogP contribution in [0.2, 0.25) is 0 Å². The number of fused-ring (bicyclic) bond motifs is 2. The standard InChI is InChI=1S/C14H11BrN2O2S.C13H9BrN2O2S.6H2/c1-10-9-12-13(15)7-8-16-14(12)17(10)20(18,19)11-5-3-2-4-6-11;14-12-6-8-15-13-11(12)7-9-16(13)19(17,18)10-4-2-1-3-5-10;;;;;;/h2-9H,1H3;1-9H;6*1H/i;;5*1+1D;1+1. The molecule has 0 aliphatic rings. The van der Waals surface area contributed by atoms with Crippen LogP contribution in [-0.4, -0.2) is 34.7 Å². The van der Waals surface area contributed by atoms with E-state index in [0.717, 1.165) is 19.7 Å². The number of nitrogens with zero attached hydrogens (tertiary/aromatic N) is 4. The van der Waals surface area contributed by atoms with E-state index in [1.807, 2.05) is 6.07 Å². The highest BCUT2D eigenvalue weighted by Crippen LogP contribution is 2.29. The summed E-state index contributed by atoms with van der Waals surface area (Å²) in [5.41, 5.74) is 1.47. The second-order valence-electron chi connectivity index (χ2n) is 8.36. The number of hydrogen-bond donors (Lipinski definition) is 0. The van der Waals surface area contributed by atoms with Crippen molar-refractivity contribution < 1.29 is 33.1 Å². The first-order valence-corrected chi connectivity index (χ1v) is 15.9. The molecule has 0 saturated heterocycles. The SMILES string of the molecule is Cc1cc2c(Br)ccnc2n1S(=O)(=O)c1ccccc1.O=S(=O)(c1ccccc1)n1ccc2c(Br)ccnc21.[2HH].[2H][2H].[2H][2H].[2H][2H].[2H][2H].[2H][2H]. The van der Waals surface area contributed by atoms with Crippen molar-refractivity contribution in [1.82, 2.24) is 17.9 Å². The Balaban J connectivity index is 0. The summed E-state index contributed by atoms with van der Waals surface area (Å²) in [5.74, 6) is 0. The van der Waals surface area contributed by atoms with E-state index in [9.17, 15) is 16.8 Å². The molecule has 39 heavy (non-hydrogen) atoms. The average Bonchev–Trinajstić information content (AvgIpc) is 3.77. The molecule has 0 atom stereocenters. The molecule has 8 nitrogen and oxygen atoms in total. The molecule has 6 aromatic rings. The molecule has 0 fully saturated rings. The molecule has 0 aliphatic carbocycles. The molecule has 0 aliphatic heterocycles. The Labute approximate surface area is 259 Å². The molecule has 4 heterocycles. The van der Waals surface area contributed by atoms with Crippen LogP contribution in [0.15, 0.2) is 122 Å². The minimum absolute atomic E-state index is 0. The lowest BCUT2D eigenvalue weighted by atomic mass is 10.3. The molecule has 4 aromatic heterocycles. The number of aryl methyl sites for hydroxylation is 1. The maximum absolute atomic E-state index is 12.7. The Morgan fingerprint density at radius 1 is 0.692 bits per heavy atom. The number of hydrogen-bond acceptors (Lipinski definition) is 6. The first-order chi connectivity index (χ1) is 23.6. The normalized spacial score (nSPS) is 12.9. The van der Waals surface area contributed by atoms with Gasteiger partial charge in [0.05, 0.1) is 9.79 Å². The molecular formula is C27H32Br2N4O4S2. The summed E-state index contributed by atoms with van der Waals surface area (Å²) in [7, 11) is -7.24. The molecule has 0 bridgehead atoms. The van der Waals surface area contributed by atoms with Gasteiger partial charge in [0.15, 0.2) is 11.3 Å². The molecule has 210 valence electrons. The number of benzene rings is 2. The van der Waals surface area contributed by atoms with Gasteiger partial charge in [0.1, 0.15) is 0 Å². The molecule has 2 aromatic carbocycles. The maximum Gasteiger partial charge on any atom is 0.269 e. The van der Waals surface area contributed by atoms with Crippen LogP contribution in [0.25, 0.3) is 22.1 Å². The Hall–Kier alpha value is -3.32. The zero-order valence-electron chi connectivity index (χ0n) is 30.3. The van der Waals surface area contributed by atoms with Gasteiger partial charge in [0.2, 0.25) is 0 Å². The fourth-order valence-electron chi connectivity index (χ4n) is 4.05. The monoisotopic (exact) mass is 709 g/mol. The predicted molar refractivity (Wildman–Crippen MR) is 170 cm³/mol. The largest absolute Gasteiger partial charge is 0.269 e. The van der Waals surface area contributed by atoms with Gasteiger partial charge in [-0.05, 0) is 87.3 Å². The van der Waals surface area contributed by atoms with E-state index >= 15 is 0 Å². The third kappa shape index (κ3) is 5.05. The summed E-state index contributed by atoms with van der Waals surface area (Å²) < 4.78 is 105. The fourth-order valence-corrected chi connectivity index (χ4v) is 7.73. The lowest BCUT2D eigenvalue weighted by molar-refractivity contribution is 0.586. The van der Waals surface area contributed by atoms with Crippen molar-refractivity contribution in [2.75, 3.05) is 0 Å². The van der Waals surface area contributed by atoms with E-state index in [4.69, 9.17) is 14.8 Å². The summed E-state index contributed by atoms with van der Waals surface area (Å²) in [5, 5.41) is 1.55. The van der Waals surface area contributed by atoms with Crippen molar-refractivity contribution in [1.29, 1.82) is 0 Å². The van der Waals surface area contributed by atoms with Gasteiger partial charge >= 0.3 is 0 Å². The Bertz CT molecular complexity index is 2060. The number of halogens is 2. The van der Waals surface area contributed by atoms with Gasteiger partial charge in [-0.3, -0.25) is 0 Å². The van der Waals surface area contributed by atoms with E-state index in [1.165, 1.54) is 14.1 Å². The summed E-state index contributed by atoms with van der Waals surface area (Å²) >= 11 is 6.80. The van der Waals surface area contributed by atoms with Gasteiger partial charge in [-0.15, -0.1) is 0 Å². The van der Waals surface area contributed by atoms with Crippen molar-refractivity contribution >= 4 is 74.0 Å². The predicted octanol–water partition coefficient (Wildman–Crippen LogP) is 7.86. The lowest BCUT2D eigenvalue weighted by Crippen LogP contribution is -2.14. The lowest BCUT2D eigenvalue weighted by Gasteiger charge is -2.09. The average molecular weight is 712 g/mol. The topological polar surface area (TPSA) is 104 Å². The molecule has 0 amide bonds. The molecular weight excluding hydrogens is 668 g/mol. The first-order valence-electron chi connectivity index (χ1n) is 16.5. The van der Waals surface area contributed by atoms with Crippen molar-refractivity contribution in [3.63, 3.8) is 0 Å². The van der Waals surface area contributed by atoms with Crippen LogP contribution in [-0.2, 0) is 20.0 Å². The van der Waals surface area contributed by atoms with E-state index in [2.05, 4.69) is 41.8 Å². The molecule has 12 heteroatoms. The zero-order chi connectivity index (χ0) is 37.8. The number of rotatable bonds is 4. The van der Waals surface area contributed by atoms with E-state index in [0.29, 0.717) is 17.0 Å². The molecule has 0 N–H and O–H groups in total. The Kier molecular flexibility index (Phi) is 5.89. The molecule has 0 unspecified atom stereocenters. The van der Waals surface area contributed by atoms with Gasteiger partial charge in [-0.25, -0.2) is 34.7 Å². The van der Waals surface area contributed by atoms with Crippen molar-refractivity contribution in [3.8, 4) is 0 Å². The van der Waals surface area contributed by atoms with Crippen LogP contribution >= 0.6 is 31.9 Å². The highest BCUT2D eigenvalue weighted by molar-refractivity contribution is 9.11. The van der Waals surface area contributed by atoms with E-state index in [1.54, 1.807) is 98.2 Å². The quantitative estimate of drug-likeness (QED) is 0.185. The van der Waals surface area contributed by atoms with Gasteiger partial charge in [0.25, 0.3) is 20.0 Å². The van der Waals surface area contributed by atoms with Crippen LogP contribution in [0, 0.1) is 6.92 Å². The zero-order valence-corrected chi connectivity index (χ0v) is 25.1. The highest BCUT2D eigenvalue weighted by Gasteiger charge is 2.23. The van der Waals surface area contributed by atoms with Gasteiger partial charge in [-0.2, -0.15) is 0 Å². The van der Waals surface area contributed by atoms with Gasteiger partial charge in [-0.1, -0.05) is 36.4 Å². The van der Waals surface area contributed by atoms with E-state index in [-0.39, 0.29) is 11.2 Å². The summed E-state index contributed by atoms with van der Waals surface area (Å²) in [6, 6.07) is 23.8. The molecule has 0 saturated carbocycles. The van der Waals surface area contributed by atoms with Crippen LogP contribution in [0.5, 0.6) is 0 Å². The van der Waals surface area contributed by atoms with Crippen LogP contribution in [0.3, 0.4) is 0 Å². The summed E-state index contributed by atoms with van der Waals surface area (Å²) in [6.07, 6.45) is 4.68. The van der Waals surface area contributed by atoms with Gasteiger partial charge in [0, 0.05) is 60.3 Å². The second-order valence-corrected chi connectivity index (χ2v) is 13.7. The van der Waals surface area contributed by atoms with Crippen LogP contribution < -0.4 is 0 Å². The Morgan fingerprint density at radius 2 is 1.21 bits per heavy atom. The fraction of sp³-hybridized carbons (Fsp3) is 0.0370. The minimum atomic E-state index is -3.64. The summed E-state index contributed by atoms with van der Waals surface area (Å²) in [4.78, 5) is 8.85. The Morgan fingerprint density at radius 3 is 1.79 bits per heavy atom. The first kappa shape index (κ1) is 21.5. The summed E-state index contributed by atoms with van der Waals surface area (Å²) in [6.45, 7) is 1.76. The smallest absolute Gasteiger partial charge is 0.237 e. The van der Waals surface area contributed by atoms with Crippen LogP contribution in [0.4, 0.5) is 0 Å². The minimum Gasteiger partial charge on any atom is -0.237 e. The van der Waals surface area contributed by atoms with Crippen LogP contribution in [0.1, 0.15) is 22.0 Å². The number of aromatic nitrogens is 4. The molecule has 0 spiro atoms. The number of pyridine rings is 2. The third-order valence-electron chi connectivity index (χ3n) is 5.86. The van der Waals surface area contributed by atoms with Gasteiger partial charge < -0.3 is 0 Å². The second kappa shape index (κ2) is 10.7. The molecule has 0 radical (unpaired) electrons.